The lowest BCUT2D eigenvalue weighted by Gasteiger charge is -2.02. The number of carbonyl (C=O) groups excluding carboxylic acids is 2. The zero-order valence-electron chi connectivity index (χ0n) is 7.30. The standard InChI is InChI=1S/C10H8BrClO2/c11-8-1-2-9(7(5-8)6-13)10(14)3-4-12/h1-2,5-6H,3-4H2. The van der Waals surface area contributed by atoms with Crippen LogP contribution < -0.4 is 0 Å². The molecule has 0 heterocycles. The summed E-state index contributed by atoms with van der Waals surface area (Å²) in [6.45, 7) is 0. The molecule has 74 valence electrons. The van der Waals surface area contributed by atoms with Gasteiger partial charge in [-0.1, -0.05) is 15.9 Å². The van der Waals surface area contributed by atoms with Gasteiger partial charge < -0.3 is 0 Å². The van der Waals surface area contributed by atoms with E-state index in [0.717, 1.165) is 4.47 Å². The monoisotopic (exact) mass is 274 g/mol. The Morgan fingerprint density at radius 2 is 2.21 bits per heavy atom. The van der Waals surface area contributed by atoms with E-state index in [-0.39, 0.29) is 18.1 Å². The molecule has 0 atom stereocenters. The van der Waals surface area contributed by atoms with Crippen molar-refractivity contribution in [1.29, 1.82) is 0 Å². The molecular weight excluding hydrogens is 267 g/mol. The average Bonchev–Trinajstić information content (AvgIpc) is 2.17. The molecule has 0 amide bonds. The van der Waals surface area contributed by atoms with Crippen LogP contribution in [0.15, 0.2) is 22.7 Å². The number of benzene rings is 1. The Hall–Kier alpha value is -0.670. The van der Waals surface area contributed by atoms with Gasteiger partial charge in [0.05, 0.1) is 0 Å². The van der Waals surface area contributed by atoms with Crippen molar-refractivity contribution >= 4 is 39.6 Å². The smallest absolute Gasteiger partial charge is 0.164 e. The van der Waals surface area contributed by atoms with E-state index >= 15 is 0 Å². The first-order valence-corrected chi connectivity index (χ1v) is 5.35. The van der Waals surface area contributed by atoms with Crippen molar-refractivity contribution in [1.82, 2.24) is 0 Å². The van der Waals surface area contributed by atoms with Gasteiger partial charge in [0.15, 0.2) is 12.1 Å². The van der Waals surface area contributed by atoms with Crippen LogP contribution in [0.2, 0.25) is 0 Å². The average molecular weight is 276 g/mol. The molecule has 1 aromatic carbocycles. The molecule has 0 aliphatic rings. The molecule has 0 aliphatic heterocycles. The minimum Gasteiger partial charge on any atom is -0.298 e. The minimum absolute atomic E-state index is 0.102. The Kier molecular flexibility index (Phi) is 4.29. The van der Waals surface area contributed by atoms with Crippen molar-refractivity contribution in [2.75, 3.05) is 5.88 Å². The number of halogens is 2. The molecule has 0 saturated heterocycles. The van der Waals surface area contributed by atoms with Crippen LogP contribution in [-0.2, 0) is 0 Å². The fraction of sp³-hybridized carbons (Fsp3) is 0.200. The van der Waals surface area contributed by atoms with Gasteiger partial charge in [0.1, 0.15) is 0 Å². The number of rotatable bonds is 4. The third-order valence-corrected chi connectivity index (χ3v) is 2.44. The highest BCUT2D eigenvalue weighted by Crippen LogP contribution is 2.16. The van der Waals surface area contributed by atoms with E-state index in [1.807, 2.05) is 0 Å². The Balaban J connectivity index is 3.07. The fourth-order valence-corrected chi connectivity index (χ4v) is 1.66. The van der Waals surface area contributed by atoms with E-state index in [2.05, 4.69) is 15.9 Å². The number of Topliss-reactive ketones (excluding diaryl/α,β-unsaturated/α-hetero) is 1. The molecule has 1 aromatic rings. The molecule has 2 nitrogen and oxygen atoms in total. The van der Waals surface area contributed by atoms with Gasteiger partial charge in [-0.05, 0) is 18.2 Å². The lowest BCUT2D eigenvalue weighted by molar-refractivity contribution is 0.0982. The Labute approximate surface area is 95.4 Å². The number of aldehydes is 1. The molecule has 0 aromatic heterocycles. The van der Waals surface area contributed by atoms with E-state index in [9.17, 15) is 9.59 Å². The van der Waals surface area contributed by atoms with E-state index in [4.69, 9.17) is 11.6 Å². The highest BCUT2D eigenvalue weighted by molar-refractivity contribution is 9.10. The Bertz CT molecular complexity index is 363. The van der Waals surface area contributed by atoms with Gasteiger partial charge in [-0.25, -0.2) is 0 Å². The summed E-state index contributed by atoms with van der Waals surface area (Å²) in [7, 11) is 0. The van der Waals surface area contributed by atoms with Crippen LogP contribution in [0, 0.1) is 0 Å². The van der Waals surface area contributed by atoms with Crippen LogP contribution in [-0.4, -0.2) is 17.9 Å². The summed E-state index contributed by atoms with van der Waals surface area (Å²) in [5, 5.41) is 0. The van der Waals surface area contributed by atoms with Gasteiger partial charge in [-0.15, -0.1) is 11.6 Å². The number of alkyl halides is 1. The number of hydrogen-bond donors (Lipinski definition) is 0. The van der Waals surface area contributed by atoms with E-state index in [1.54, 1.807) is 18.2 Å². The predicted molar refractivity (Wildman–Crippen MR) is 59.2 cm³/mol. The first-order valence-electron chi connectivity index (χ1n) is 4.03. The molecule has 14 heavy (non-hydrogen) atoms. The molecule has 0 radical (unpaired) electrons. The summed E-state index contributed by atoms with van der Waals surface area (Å²) >= 11 is 8.68. The Morgan fingerprint density at radius 3 is 2.79 bits per heavy atom. The summed E-state index contributed by atoms with van der Waals surface area (Å²) in [5.41, 5.74) is 0.832. The summed E-state index contributed by atoms with van der Waals surface area (Å²) in [4.78, 5) is 22.2. The molecule has 0 unspecified atom stereocenters. The minimum atomic E-state index is -0.102. The molecule has 0 N–H and O–H groups in total. The number of carbonyl (C=O) groups is 2. The second-order valence-electron chi connectivity index (χ2n) is 2.71. The van der Waals surface area contributed by atoms with E-state index in [0.29, 0.717) is 17.4 Å². The summed E-state index contributed by atoms with van der Waals surface area (Å²) in [6, 6.07) is 4.98. The zero-order chi connectivity index (χ0) is 10.6. The quantitative estimate of drug-likeness (QED) is 0.481. The zero-order valence-corrected chi connectivity index (χ0v) is 9.64. The molecule has 0 saturated carbocycles. The van der Waals surface area contributed by atoms with Crippen molar-refractivity contribution in [3.05, 3.63) is 33.8 Å². The third-order valence-electron chi connectivity index (χ3n) is 1.76. The van der Waals surface area contributed by atoms with E-state index < -0.39 is 0 Å². The van der Waals surface area contributed by atoms with Gasteiger partial charge in [0, 0.05) is 27.9 Å². The Morgan fingerprint density at radius 1 is 1.50 bits per heavy atom. The van der Waals surface area contributed by atoms with Crippen molar-refractivity contribution in [3.63, 3.8) is 0 Å². The maximum atomic E-state index is 11.5. The SMILES string of the molecule is O=Cc1cc(Br)ccc1C(=O)CCCl. The maximum absolute atomic E-state index is 11.5. The number of hydrogen-bond acceptors (Lipinski definition) is 2. The van der Waals surface area contributed by atoms with Crippen molar-refractivity contribution in [2.45, 2.75) is 6.42 Å². The fourth-order valence-electron chi connectivity index (χ4n) is 1.11. The van der Waals surface area contributed by atoms with E-state index in [1.165, 1.54) is 0 Å². The van der Waals surface area contributed by atoms with Crippen LogP contribution in [0.4, 0.5) is 0 Å². The first-order chi connectivity index (χ1) is 6.69. The molecule has 0 fully saturated rings. The van der Waals surface area contributed by atoms with Gasteiger partial charge in [0.25, 0.3) is 0 Å². The van der Waals surface area contributed by atoms with Crippen LogP contribution in [0.25, 0.3) is 0 Å². The number of ketones is 1. The van der Waals surface area contributed by atoms with Gasteiger partial charge in [-0.2, -0.15) is 0 Å². The highest BCUT2D eigenvalue weighted by Gasteiger charge is 2.10. The largest absolute Gasteiger partial charge is 0.298 e. The van der Waals surface area contributed by atoms with Gasteiger partial charge in [-0.3, -0.25) is 9.59 Å². The lowest BCUT2D eigenvalue weighted by Crippen LogP contribution is -2.03. The first kappa shape index (κ1) is 11.4. The molecule has 0 bridgehead atoms. The second kappa shape index (κ2) is 5.27. The molecular formula is C10H8BrClO2. The van der Waals surface area contributed by atoms with Crippen LogP contribution >= 0.6 is 27.5 Å². The second-order valence-corrected chi connectivity index (χ2v) is 4.01. The van der Waals surface area contributed by atoms with Gasteiger partial charge >= 0.3 is 0 Å². The molecule has 0 spiro atoms. The summed E-state index contributed by atoms with van der Waals surface area (Å²) in [6.07, 6.45) is 0.927. The van der Waals surface area contributed by atoms with Crippen molar-refractivity contribution < 1.29 is 9.59 Å². The van der Waals surface area contributed by atoms with Crippen molar-refractivity contribution in [2.24, 2.45) is 0 Å². The van der Waals surface area contributed by atoms with Gasteiger partial charge in [0.2, 0.25) is 0 Å². The molecule has 4 heteroatoms. The maximum Gasteiger partial charge on any atom is 0.164 e. The lowest BCUT2D eigenvalue weighted by atomic mass is 10.0. The van der Waals surface area contributed by atoms with Crippen LogP contribution in [0.5, 0.6) is 0 Å². The topological polar surface area (TPSA) is 34.1 Å². The highest BCUT2D eigenvalue weighted by atomic mass is 79.9. The third kappa shape index (κ3) is 2.66. The normalized spacial score (nSPS) is 9.86. The van der Waals surface area contributed by atoms with Crippen molar-refractivity contribution in [3.8, 4) is 0 Å². The van der Waals surface area contributed by atoms with Crippen LogP contribution in [0.3, 0.4) is 0 Å². The molecule has 0 aliphatic carbocycles. The van der Waals surface area contributed by atoms with Crippen LogP contribution in [0.1, 0.15) is 27.1 Å². The summed E-state index contributed by atoms with van der Waals surface area (Å²) in [5.74, 6) is 0.169. The predicted octanol–water partition coefficient (Wildman–Crippen LogP) is 3.07. The molecule has 1 rings (SSSR count). The summed E-state index contributed by atoms with van der Waals surface area (Å²) < 4.78 is 0.780.